The smallest absolute Gasteiger partial charge is 0.146 e. The zero-order chi connectivity index (χ0) is 11.7. The zero-order valence-electron chi connectivity index (χ0n) is 8.67. The molecule has 0 unspecified atom stereocenters. The number of hydrogen-bond donors (Lipinski definition) is 1. The molecule has 0 aliphatic heterocycles. The first kappa shape index (κ1) is 10.5. The van der Waals surface area contributed by atoms with Crippen molar-refractivity contribution < 1.29 is 8.78 Å². The van der Waals surface area contributed by atoms with Gasteiger partial charge >= 0.3 is 0 Å². The molecular formula is C12H10F2N2. The van der Waals surface area contributed by atoms with E-state index in [1.807, 2.05) is 6.92 Å². The highest BCUT2D eigenvalue weighted by Crippen LogP contribution is 2.26. The average Bonchev–Trinajstić information content (AvgIpc) is 2.25. The number of halogens is 2. The predicted octanol–water partition coefficient (Wildman–Crippen LogP) is 2.92. The Balaban J connectivity index is 2.56. The van der Waals surface area contributed by atoms with Gasteiger partial charge in [-0.15, -0.1) is 0 Å². The maximum absolute atomic E-state index is 13.5. The van der Waals surface area contributed by atoms with Gasteiger partial charge in [0.15, 0.2) is 0 Å². The summed E-state index contributed by atoms with van der Waals surface area (Å²) in [6.07, 6.45) is 1.50. The van der Waals surface area contributed by atoms with Gasteiger partial charge in [0.25, 0.3) is 0 Å². The van der Waals surface area contributed by atoms with Crippen LogP contribution in [0.3, 0.4) is 0 Å². The number of aromatic nitrogens is 1. The van der Waals surface area contributed by atoms with E-state index in [-0.39, 0.29) is 11.3 Å². The Bertz CT molecular complexity index is 521. The summed E-state index contributed by atoms with van der Waals surface area (Å²) in [5.41, 5.74) is 6.58. The lowest BCUT2D eigenvalue weighted by Crippen LogP contribution is -1.95. The van der Waals surface area contributed by atoms with Crippen molar-refractivity contribution in [3.05, 3.63) is 47.8 Å². The Morgan fingerprint density at radius 2 is 1.88 bits per heavy atom. The molecule has 0 fully saturated rings. The van der Waals surface area contributed by atoms with Gasteiger partial charge in [0.1, 0.15) is 11.6 Å². The molecule has 0 aliphatic rings. The van der Waals surface area contributed by atoms with Gasteiger partial charge in [-0.05, 0) is 19.1 Å². The molecule has 0 radical (unpaired) electrons. The first-order chi connectivity index (χ1) is 7.58. The van der Waals surface area contributed by atoms with Crippen LogP contribution in [0.4, 0.5) is 14.5 Å². The molecule has 1 aromatic carbocycles. The average molecular weight is 220 g/mol. The number of nitrogens with two attached hydrogens (primary N) is 1. The minimum Gasteiger partial charge on any atom is -0.396 e. The van der Waals surface area contributed by atoms with Gasteiger partial charge in [-0.1, -0.05) is 6.07 Å². The molecule has 2 N–H and O–H groups in total. The molecule has 1 aromatic heterocycles. The molecule has 2 aromatic rings. The first-order valence-electron chi connectivity index (χ1n) is 4.75. The lowest BCUT2D eigenvalue weighted by atomic mass is 10.1. The van der Waals surface area contributed by atoms with Crippen LogP contribution < -0.4 is 5.73 Å². The molecule has 0 bridgehead atoms. The highest BCUT2D eigenvalue weighted by molar-refractivity contribution is 5.66. The summed E-state index contributed by atoms with van der Waals surface area (Å²) in [4.78, 5) is 4.03. The van der Waals surface area contributed by atoms with Crippen molar-refractivity contribution in [2.24, 2.45) is 0 Å². The number of aryl methyl sites for hydroxylation is 1. The van der Waals surface area contributed by atoms with Crippen LogP contribution in [0.1, 0.15) is 5.69 Å². The van der Waals surface area contributed by atoms with E-state index in [1.165, 1.54) is 6.20 Å². The van der Waals surface area contributed by atoms with E-state index < -0.39 is 11.6 Å². The molecule has 1 heterocycles. The van der Waals surface area contributed by atoms with E-state index in [1.54, 1.807) is 12.1 Å². The third kappa shape index (κ3) is 1.86. The lowest BCUT2D eigenvalue weighted by Gasteiger charge is -2.05. The largest absolute Gasteiger partial charge is 0.396 e. The van der Waals surface area contributed by atoms with Crippen LogP contribution in [-0.4, -0.2) is 4.98 Å². The standard InChI is InChI=1S/C12H10F2N2/c1-7-2-3-8(6-16-7)9-4-11(14)12(15)5-10(9)13/h2-6H,15H2,1H3. The SMILES string of the molecule is Cc1ccc(-c2cc(F)c(N)cc2F)cn1. The topological polar surface area (TPSA) is 38.9 Å². The van der Waals surface area contributed by atoms with Gasteiger partial charge in [0.05, 0.1) is 5.69 Å². The molecule has 0 saturated carbocycles. The number of nitrogens with zero attached hydrogens (tertiary/aromatic N) is 1. The van der Waals surface area contributed by atoms with Crippen molar-refractivity contribution in [1.29, 1.82) is 0 Å². The minimum atomic E-state index is -0.628. The fourth-order valence-electron chi connectivity index (χ4n) is 1.41. The van der Waals surface area contributed by atoms with E-state index >= 15 is 0 Å². The van der Waals surface area contributed by atoms with Crippen molar-refractivity contribution in [2.45, 2.75) is 6.92 Å². The van der Waals surface area contributed by atoms with Crippen molar-refractivity contribution >= 4 is 5.69 Å². The Hall–Kier alpha value is -1.97. The molecule has 4 heteroatoms. The summed E-state index contributed by atoms with van der Waals surface area (Å²) in [6, 6.07) is 5.49. The predicted molar refractivity (Wildman–Crippen MR) is 58.7 cm³/mol. The van der Waals surface area contributed by atoms with Crippen LogP contribution in [-0.2, 0) is 0 Å². The van der Waals surface area contributed by atoms with Crippen LogP contribution in [0, 0.1) is 18.6 Å². The second-order valence-electron chi connectivity index (χ2n) is 3.54. The van der Waals surface area contributed by atoms with Crippen LogP contribution >= 0.6 is 0 Å². The molecule has 0 saturated heterocycles. The van der Waals surface area contributed by atoms with E-state index in [0.717, 1.165) is 17.8 Å². The van der Waals surface area contributed by atoms with Gasteiger partial charge in [0, 0.05) is 29.1 Å². The number of benzene rings is 1. The number of hydrogen-bond acceptors (Lipinski definition) is 2. The third-order valence-corrected chi connectivity index (χ3v) is 2.31. The fraction of sp³-hybridized carbons (Fsp3) is 0.0833. The Morgan fingerprint density at radius 1 is 1.12 bits per heavy atom. The quantitative estimate of drug-likeness (QED) is 0.750. The molecule has 0 spiro atoms. The summed E-state index contributed by atoms with van der Waals surface area (Å²) < 4.78 is 26.8. The number of nitrogen functional groups attached to an aromatic ring is 1. The molecule has 0 aliphatic carbocycles. The maximum Gasteiger partial charge on any atom is 0.146 e. The van der Waals surface area contributed by atoms with E-state index in [4.69, 9.17) is 5.73 Å². The zero-order valence-corrected chi connectivity index (χ0v) is 8.67. The first-order valence-corrected chi connectivity index (χ1v) is 4.75. The summed E-state index contributed by atoms with van der Waals surface area (Å²) in [7, 11) is 0. The van der Waals surface area contributed by atoms with E-state index in [9.17, 15) is 8.78 Å². The monoisotopic (exact) mass is 220 g/mol. The van der Waals surface area contributed by atoms with Crippen molar-refractivity contribution in [3.8, 4) is 11.1 Å². The van der Waals surface area contributed by atoms with E-state index in [2.05, 4.69) is 4.98 Å². The number of anilines is 1. The highest BCUT2D eigenvalue weighted by Gasteiger charge is 2.09. The van der Waals surface area contributed by atoms with Gasteiger partial charge < -0.3 is 5.73 Å². The molecule has 0 amide bonds. The Morgan fingerprint density at radius 3 is 2.50 bits per heavy atom. The second-order valence-corrected chi connectivity index (χ2v) is 3.54. The molecular weight excluding hydrogens is 210 g/mol. The van der Waals surface area contributed by atoms with Crippen LogP contribution in [0.25, 0.3) is 11.1 Å². The molecule has 16 heavy (non-hydrogen) atoms. The van der Waals surface area contributed by atoms with Crippen molar-refractivity contribution in [1.82, 2.24) is 4.98 Å². The van der Waals surface area contributed by atoms with E-state index in [0.29, 0.717) is 5.56 Å². The number of rotatable bonds is 1. The number of pyridine rings is 1. The summed E-state index contributed by atoms with van der Waals surface area (Å²) in [5.74, 6) is -1.18. The van der Waals surface area contributed by atoms with Crippen molar-refractivity contribution in [2.75, 3.05) is 5.73 Å². The fourth-order valence-corrected chi connectivity index (χ4v) is 1.41. The second kappa shape index (κ2) is 3.89. The van der Waals surface area contributed by atoms with Crippen LogP contribution in [0.5, 0.6) is 0 Å². The van der Waals surface area contributed by atoms with Gasteiger partial charge in [-0.3, -0.25) is 4.98 Å². The molecule has 2 nitrogen and oxygen atoms in total. The lowest BCUT2D eigenvalue weighted by molar-refractivity contribution is 0.607. The summed E-state index contributed by atoms with van der Waals surface area (Å²) in [5, 5.41) is 0. The molecule has 2 rings (SSSR count). The minimum absolute atomic E-state index is 0.166. The summed E-state index contributed by atoms with van der Waals surface area (Å²) in [6.45, 7) is 1.82. The van der Waals surface area contributed by atoms with Gasteiger partial charge in [-0.25, -0.2) is 8.78 Å². The maximum atomic E-state index is 13.5. The Labute approximate surface area is 91.7 Å². The van der Waals surface area contributed by atoms with Gasteiger partial charge in [-0.2, -0.15) is 0 Å². The van der Waals surface area contributed by atoms with Crippen LogP contribution in [0.15, 0.2) is 30.5 Å². The van der Waals surface area contributed by atoms with Crippen molar-refractivity contribution in [3.63, 3.8) is 0 Å². The Kier molecular flexibility index (Phi) is 2.56. The third-order valence-electron chi connectivity index (χ3n) is 2.31. The summed E-state index contributed by atoms with van der Waals surface area (Å²) >= 11 is 0. The normalized spacial score (nSPS) is 10.4. The van der Waals surface area contributed by atoms with Crippen LogP contribution in [0.2, 0.25) is 0 Å². The van der Waals surface area contributed by atoms with Gasteiger partial charge in [0.2, 0.25) is 0 Å². The molecule has 82 valence electrons. The molecule has 0 atom stereocenters. The highest BCUT2D eigenvalue weighted by atomic mass is 19.1.